The molecule has 1 amide bonds. The van der Waals surface area contributed by atoms with Crippen LogP contribution in [0.15, 0.2) is 48.5 Å². The summed E-state index contributed by atoms with van der Waals surface area (Å²) in [6.45, 7) is 1.23. The summed E-state index contributed by atoms with van der Waals surface area (Å²) in [6.07, 6.45) is 1.54. The van der Waals surface area contributed by atoms with Crippen LogP contribution < -0.4 is 5.73 Å². The lowest BCUT2D eigenvalue weighted by Gasteiger charge is -2.34. The molecule has 126 valence electrons. The number of benzene rings is 2. The van der Waals surface area contributed by atoms with Gasteiger partial charge in [0.25, 0.3) is 0 Å². The average molecular weight is 326 g/mol. The second-order valence-corrected chi connectivity index (χ2v) is 6.23. The van der Waals surface area contributed by atoms with Gasteiger partial charge in [0, 0.05) is 19.2 Å². The fourth-order valence-electron chi connectivity index (χ4n) is 3.29. The first-order valence-electron chi connectivity index (χ1n) is 8.17. The molecule has 5 nitrogen and oxygen atoms in total. The molecule has 24 heavy (non-hydrogen) atoms. The highest BCUT2D eigenvalue weighted by molar-refractivity contribution is 5.83. The van der Waals surface area contributed by atoms with Gasteiger partial charge in [0.05, 0.1) is 0 Å². The number of nitrogens with zero attached hydrogens (tertiary/aromatic N) is 1. The normalized spacial score (nSPS) is 16.8. The number of phenols is 2. The number of nitrogens with two attached hydrogens (primary N) is 1. The molecular formula is C19H22N2O3. The molecule has 1 atom stereocenters. The molecule has 1 aliphatic heterocycles. The van der Waals surface area contributed by atoms with Crippen molar-refractivity contribution >= 4 is 5.91 Å². The second kappa shape index (κ2) is 6.93. The Morgan fingerprint density at radius 3 is 2.38 bits per heavy atom. The summed E-state index contributed by atoms with van der Waals surface area (Å²) in [6, 6.07) is 13.4. The third-order valence-corrected chi connectivity index (χ3v) is 4.69. The Labute approximate surface area is 141 Å². The summed E-state index contributed by atoms with van der Waals surface area (Å²) >= 11 is 0. The second-order valence-electron chi connectivity index (χ2n) is 6.23. The third-order valence-electron chi connectivity index (χ3n) is 4.69. The monoisotopic (exact) mass is 326 g/mol. The minimum atomic E-state index is -0.634. The highest BCUT2D eigenvalue weighted by Crippen LogP contribution is 2.35. The summed E-state index contributed by atoms with van der Waals surface area (Å²) in [5.41, 5.74) is 7.74. The van der Waals surface area contributed by atoms with Crippen LogP contribution in [-0.4, -0.2) is 34.1 Å². The maximum absolute atomic E-state index is 12.6. The third kappa shape index (κ3) is 3.36. The molecule has 0 aliphatic carbocycles. The number of piperidine rings is 1. The van der Waals surface area contributed by atoms with E-state index in [9.17, 15) is 15.0 Å². The molecule has 3 rings (SSSR count). The van der Waals surface area contributed by atoms with Crippen molar-refractivity contribution in [3.63, 3.8) is 0 Å². The zero-order chi connectivity index (χ0) is 17.1. The van der Waals surface area contributed by atoms with Gasteiger partial charge >= 0.3 is 0 Å². The highest BCUT2D eigenvalue weighted by Gasteiger charge is 2.28. The molecule has 1 heterocycles. The molecule has 0 bridgehead atoms. The van der Waals surface area contributed by atoms with Crippen molar-refractivity contribution < 1.29 is 15.0 Å². The number of carbonyl (C=O) groups excluding carboxylic acids is 1. The summed E-state index contributed by atoms with van der Waals surface area (Å²) < 4.78 is 0. The molecule has 1 fully saturated rings. The largest absolute Gasteiger partial charge is 0.508 e. The van der Waals surface area contributed by atoms with Crippen LogP contribution in [0, 0.1) is 0 Å². The Balaban J connectivity index is 1.63. The predicted molar refractivity (Wildman–Crippen MR) is 91.7 cm³/mol. The molecule has 0 unspecified atom stereocenters. The van der Waals surface area contributed by atoms with Gasteiger partial charge in [-0.3, -0.25) is 4.79 Å². The van der Waals surface area contributed by atoms with E-state index in [1.54, 1.807) is 17.0 Å². The van der Waals surface area contributed by atoms with Gasteiger partial charge < -0.3 is 20.8 Å². The van der Waals surface area contributed by atoms with Crippen molar-refractivity contribution in [2.24, 2.45) is 5.73 Å². The van der Waals surface area contributed by atoms with E-state index in [4.69, 9.17) is 5.73 Å². The van der Waals surface area contributed by atoms with Crippen LogP contribution in [0.1, 0.15) is 35.9 Å². The molecule has 1 aliphatic rings. The number of hydrogen-bond acceptors (Lipinski definition) is 4. The molecule has 0 spiro atoms. The van der Waals surface area contributed by atoms with Crippen molar-refractivity contribution in [2.45, 2.75) is 24.8 Å². The first-order chi connectivity index (χ1) is 11.6. The lowest BCUT2D eigenvalue weighted by atomic mass is 9.88. The molecule has 0 saturated carbocycles. The topological polar surface area (TPSA) is 86.8 Å². The Hall–Kier alpha value is -2.53. The lowest BCUT2D eigenvalue weighted by molar-refractivity contribution is -0.133. The van der Waals surface area contributed by atoms with E-state index < -0.39 is 6.04 Å². The standard InChI is InChI=1S/C19H22N2O3/c20-18(14-4-2-1-3-5-14)19(24)21-10-8-13(9-11-21)16-7-6-15(22)12-17(16)23/h1-7,12-13,18,22-23H,8-11,20H2/t18-/m0/s1. The van der Waals surface area contributed by atoms with E-state index in [2.05, 4.69) is 0 Å². The number of rotatable bonds is 3. The Bertz CT molecular complexity index is 710. The average Bonchev–Trinajstić information content (AvgIpc) is 2.61. The molecular weight excluding hydrogens is 304 g/mol. The quantitative estimate of drug-likeness (QED) is 0.809. The molecule has 2 aromatic rings. The van der Waals surface area contributed by atoms with Gasteiger partial charge in [-0.1, -0.05) is 36.4 Å². The lowest BCUT2D eigenvalue weighted by Crippen LogP contribution is -2.42. The van der Waals surface area contributed by atoms with Gasteiger partial charge in [0.1, 0.15) is 17.5 Å². The van der Waals surface area contributed by atoms with Crippen molar-refractivity contribution in [1.29, 1.82) is 0 Å². The summed E-state index contributed by atoms with van der Waals surface area (Å²) in [4.78, 5) is 14.4. The highest BCUT2D eigenvalue weighted by atomic mass is 16.3. The van der Waals surface area contributed by atoms with Crippen molar-refractivity contribution in [3.8, 4) is 11.5 Å². The maximum Gasteiger partial charge on any atom is 0.244 e. The smallest absolute Gasteiger partial charge is 0.244 e. The van der Waals surface area contributed by atoms with Crippen LogP contribution >= 0.6 is 0 Å². The van der Waals surface area contributed by atoms with Crippen LogP contribution in [0.5, 0.6) is 11.5 Å². The number of likely N-dealkylation sites (tertiary alicyclic amines) is 1. The molecule has 4 N–H and O–H groups in total. The van der Waals surface area contributed by atoms with Crippen molar-refractivity contribution in [1.82, 2.24) is 4.90 Å². The van der Waals surface area contributed by atoms with Gasteiger partial charge in [-0.05, 0) is 36.0 Å². The molecule has 0 radical (unpaired) electrons. The molecule has 2 aromatic carbocycles. The first kappa shape index (κ1) is 16.3. The zero-order valence-corrected chi connectivity index (χ0v) is 13.4. The van der Waals surface area contributed by atoms with Gasteiger partial charge in [-0.25, -0.2) is 0 Å². The summed E-state index contributed by atoms with van der Waals surface area (Å²) in [7, 11) is 0. The van der Waals surface area contributed by atoms with Crippen LogP contribution in [0.3, 0.4) is 0 Å². The fraction of sp³-hybridized carbons (Fsp3) is 0.316. The number of aromatic hydroxyl groups is 2. The Kier molecular flexibility index (Phi) is 4.71. The predicted octanol–water partition coefficient (Wildman–Crippen LogP) is 2.50. The minimum absolute atomic E-state index is 0.0534. The van der Waals surface area contributed by atoms with Gasteiger partial charge in [-0.15, -0.1) is 0 Å². The van der Waals surface area contributed by atoms with E-state index in [1.165, 1.54) is 6.07 Å². The molecule has 5 heteroatoms. The number of hydrogen-bond donors (Lipinski definition) is 3. The fourth-order valence-corrected chi connectivity index (χ4v) is 3.29. The van der Waals surface area contributed by atoms with Crippen LogP contribution in [0.25, 0.3) is 0 Å². The van der Waals surface area contributed by atoms with Gasteiger partial charge in [0.15, 0.2) is 0 Å². The van der Waals surface area contributed by atoms with Crippen molar-refractivity contribution in [2.75, 3.05) is 13.1 Å². The summed E-state index contributed by atoms with van der Waals surface area (Å²) in [5, 5.41) is 19.4. The number of amides is 1. The zero-order valence-electron chi connectivity index (χ0n) is 13.4. The molecule has 0 aromatic heterocycles. The van der Waals surface area contributed by atoms with E-state index in [0.29, 0.717) is 13.1 Å². The minimum Gasteiger partial charge on any atom is -0.508 e. The number of carbonyl (C=O) groups is 1. The summed E-state index contributed by atoms with van der Waals surface area (Å²) in [5.74, 6) is 0.288. The SMILES string of the molecule is N[C@H](C(=O)N1CCC(c2ccc(O)cc2O)CC1)c1ccccc1. The Morgan fingerprint density at radius 1 is 1.08 bits per heavy atom. The van der Waals surface area contributed by atoms with Crippen LogP contribution in [0.2, 0.25) is 0 Å². The van der Waals surface area contributed by atoms with Crippen LogP contribution in [-0.2, 0) is 4.79 Å². The Morgan fingerprint density at radius 2 is 1.75 bits per heavy atom. The maximum atomic E-state index is 12.6. The number of phenolic OH excluding ortho intramolecular Hbond substituents is 2. The van der Waals surface area contributed by atoms with Gasteiger partial charge in [0.2, 0.25) is 5.91 Å². The van der Waals surface area contributed by atoms with E-state index in [-0.39, 0.29) is 23.3 Å². The van der Waals surface area contributed by atoms with E-state index in [1.807, 2.05) is 30.3 Å². The van der Waals surface area contributed by atoms with Crippen molar-refractivity contribution in [3.05, 3.63) is 59.7 Å². The molecule has 1 saturated heterocycles. The van der Waals surface area contributed by atoms with Gasteiger partial charge in [-0.2, -0.15) is 0 Å². The van der Waals surface area contributed by atoms with E-state index in [0.717, 1.165) is 24.0 Å². The van der Waals surface area contributed by atoms with E-state index >= 15 is 0 Å². The first-order valence-corrected chi connectivity index (χ1v) is 8.17. The van der Waals surface area contributed by atoms with Crippen LogP contribution in [0.4, 0.5) is 0 Å².